The lowest BCUT2D eigenvalue weighted by atomic mass is 9.82. The summed E-state index contributed by atoms with van der Waals surface area (Å²) >= 11 is 6.00. The van der Waals surface area contributed by atoms with E-state index >= 15 is 0 Å². The number of aryl methyl sites for hydroxylation is 1. The van der Waals surface area contributed by atoms with Crippen molar-refractivity contribution >= 4 is 56.3 Å². The third-order valence-corrected chi connectivity index (χ3v) is 9.11. The van der Waals surface area contributed by atoms with Gasteiger partial charge in [0.2, 0.25) is 5.91 Å². The summed E-state index contributed by atoms with van der Waals surface area (Å²) in [6.45, 7) is 3.62. The molecule has 7 nitrogen and oxygen atoms in total. The molecule has 0 bridgehead atoms. The number of rotatable bonds is 5. The molecule has 0 radical (unpaired) electrons. The first kappa shape index (κ1) is 25.7. The third-order valence-electron chi connectivity index (χ3n) is 7.16. The van der Waals surface area contributed by atoms with Crippen LogP contribution >= 0.6 is 24.0 Å². The van der Waals surface area contributed by atoms with E-state index in [1.807, 2.05) is 11.5 Å². The van der Waals surface area contributed by atoms with E-state index in [0.717, 1.165) is 29.3 Å². The molecular formula is C25H27Cl2N3O4S. The van der Waals surface area contributed by atoms with Gasteiger partial charge in [-0.2, -0.15) is 0 Å². The molecule has 0 saturated carbocycles. The Labute approximate surface area is 215 Å². The molecule has 1 fully saturated rings. The smallest absolute Gasteiger partial charge is 0.223 e. The van der Waals surface area contributed by atoms with Crippen molar-refractivity contribution in [3.63, 3.8) is 0 Å². The molecule has 5 rings (SSSR count). The molecule has 3 heterocycles. The Bertz CT molecular complexity index is 1390. The number of fused-ring (bicyclic) bond motifs is 2. The maximum Gasteiger partial charge on any atom is 0.223 e. The Morgan fingerprint density at radius 1 is 1.11 bits per heavy atom. The molecule has 1 unspecified atom stereocenters. The molecule has 1 atom stereocenters. The molecule has 1 saturated heterocycles. The summed E-state index contributed by atoms with van der Waals surface area (Å²) in [7, 11) is -3.59. The fraction of sp³-hybridized carbons (Fsp3) is 0.400. The molecule has 2 aromatic carbocycles. The fourth-order valence-electron chi connectivity index (χ4n) is 5.21. The zero-order chi connectivity index (χ0) is 24.0. The van der Waals surface area contributed by atoms with Gasteiger partial charge in [0.15, 0.2) is 15.6 Å². The summed E-state index contributed by atoms with van der Waals surface area (Å²) in [6, 6.07) is 10.2. The number of carbonyl (C=O) groups is 2. The molecule has 35 heavy (non-hydrogen) atoms. The highest BCUT2D eigenvalue weighted by Gasteiger charge is 2.39. The SMILES string of the molecule is Cc1ncn2c1C(=O)C(C1CCN(C(=O)CCS(=O)(=O)c3ccc4cc(Cl)ccc4c3)CC1)C2.Cl. The van der Waals surface area contributed by atoms with Crippen molar-refractivity contribution in [3.05, 3.63) is 59.1 Å². The van der Waals surface area contributed by atoms with Crippen LogP contribution in [0.5, 0.6) is 0 Å². The molecule has 2 aliphatic rings. The van der Waals surface area contributed by atoms with Crippen LogP contribution in [0.2, 0.25) is 5.02 Å². The lowest BCUT2D eigenvalue weighted by Gasteiger charge is -2.34. The van der Waals surface area contributed by atoms with Gasteiger partial charge in [-0.25, -0.2) is 13.4 Å². The van der Waals surface area contributed by atoms with Crippen molar-refractivity contribution in [2.75, 3.05) is 18.8 Å². The second-order valence-electron chi connectivity index (χ2n) is 9.24. The van der Waals surface area contributed by atoms with Crippen molar-refractivity contribution in [2.45, 2.75) is 37.6 Å². The van der Waals surface area contributed by atoms with E-state index in [1.54, 1.807) is 47.6 Å². The van der Waals surface area contributed by atoms with Crippen LogP contribution in [-0.4, -0.2) is 53.4 Å². The minimum Gasteiger partial charge on any atom is -0.343 e. The van der Waals surface area contributed by atoms with Crippen LogP contribution in [0, 0.1) is 18.8 Å². The molecule has 0 aliphatic carbocycles. The lowest BCUT2D eigenvalue weighted by Crippen LogP contribution is -2.41. The Morgan fingerprint density at radius 3 is 2.51 bits per heavy atom. The number of imidazole rings is 1. The number of hydrogen-bond donors (Lipinski definition) is 0. The van der Waals surface area contributed by atoms with Gasteiger partial charge < -0.3 is 9.47 Å². The second kappa shape index (κ2) is 9.91. The summed E-state index contributed by atoms with van der Waals surface area (Å²) in [6.07, 6.45) is 3.18. The van der Waals surface area contributed by atoms with E-state index in [9.17, 15) is 18.0 Å². The monoisotopic (exact) mass is 535 g/mol. The average molecular weight is 536 g/mol. The molecule has 3 aromatic rings. The van der Waals surface area contributed by atoms with Crippen LogP contribution in [0.3, 0.4) is 0 Å². The van der Waals surface area contributed by atoms with E-state index in [2.05, 4.69) is 4.98 Å². The second-order valence-corrected chi connectivity index (χ2v) is 11.8. The van der Waals surface area contributed by atoms with Gasteiger partial charge in [-0.3, -0.25) is 9.59 Å². The summed E-state index contributed by atoms with van der Waals surface area (Å²) in [5.41, 5.74) is 1.49. The molecule has 1 aromatic heterocycles. The summed E-state index contributed by atoms with van der Waals surface area (Å²) in [5.74, 6) is -0.0572. The number of likely N-dealkylation sites (tertiary alicyclic amines) is 1. The number of ketones is 1. The van der Waals surface area contributed by atoms with Crippen molar-refractivity contribution < 1.29 is 18.0 Å². The van der Waals surface area contributed by atoms with E-state index in [-0.39, 0.29) is 53.0 Å². The van der Waals surface area contributed by atoms with Crippen LogP contribution in [-0.2, 0) is 21.2 Å². The van der Waals surface area contributed by atoms with E-state index in [0.29, 0.717) is 30.4 Å². The minimum atomic E-state index is -3.59. The Morgan fingerprint density at radius 2 is 1.80 bits per heavy atom. The maximum atomic E-state index is 12.9. The Hall–Kier alpha value is -2.42. The molecule has 1 amide bonds. The molecule has 10 heteroatoms. The largest absolute Gasteiger partial charge is 0.343 e. The van der Waals surface area contributed by atoms with Crippen molar-refractivity contribution in [1.82, 2.24) is 14.5 Å². The van der Waals surface area contributed by atoms with Crippen LogP contribution < -0.4 is 0 Å². The standard InChI is InChI=1S/C25H26ClN3O4S.ClH/c1-16-24-25(31)22(14-29(24)15-27-16)17-6-9-28(10-7-17)23(30)8-11-34(32,33)21-5-3-18-12-20(26)4-2-19(18)13-21;/h2-5,12-13,15,17,22H,6-11,14H2,1H3;1H. The number of Topliss-reactive ketones (excluding diaryl/α,β-unsaturated/α-hetero) is 1. The number of amides is 1. The zero-order valence-electron chi connectivity index (χ0n) is 19.3. The predicted molar refractivity (Wildman–Crippen MR) is 137 cm³/mol. The van der Waals surface area contributed by atoms with E-state index in [1.165, 1.54) is 0 Å². The van der Waals surface area contributed by atoms with Crippen molar-refractivity contribution in [1.29, 1.82) is 0 Å². The van der Waals surface area contributed by atoms with Crippen molar-refractivity contribution in [3.8, 4) is 0 Å². The molecule has 2 aliphatic heterocycles. The quantitative estimate of drug-likeness (QED) is 0.484. The Balaban J connectivity index is 0.00000289. The number of nitrogens with zero attached hydrogens (tertiary/aromatic N) is 3. The normalized spacial score (nSPS) is 18.5. The van der Waals surface area contributed by atoms with Gasteiger partial charge in [-0.05, 0) is 60.7 Å². The number of piperidine rings is 1. The number of halogens is 2. The van der Waals surface area contributed by atoms with Gasteiger partial charge in [0.1, 0.15) is 5.69 Å². The number of sulfone groups is 1. The zero-order valence-corrected chi connectivity index (χ0v) is 21.7. The van der Waals surface area contributed by atoms with Gasteiger partial charge in [-0.1, -0.05) is 23.7 Å². The van der Waals surface area contributed by atoms with Crippen molar-refractivity contribution in [2.24, 2.45) is 11.8 Å². The van der Waals surface area contributed by atoms with Crippen LogP contribution in [0.1, 0.15) is 35.4 Å². The van der Waals surface area contributed by atoms with Gasteiger partial charge >= 0.3 is 0 Å². The first-order valence-corrected chi connectivity index (χ1v) is 13.5. The highest BCUT2D eigenvalue weighted by Crippen LogP contribution is 2.34. The first-order chi connectivity index (χ1) is 16.2. The lowest BCUT2D eigenvalue weighted by molar-refractivity contribution is -0.132. The number of hydrogen-bond acceptors (Lipinski definition) is 5. The Kier molecular flexibility index (Phi) is 7.27. The molecule has 186 valence electrons. The van der Waals surface area contributed by atoms with Gasteiger partial charge in [-0.15, -0.1) is 12.4 Å². The molecule has 0 N–H and O–H groups in total. The summed E-state index contributed by atoms with van der Waals surface area (Å²) in [4.78, 5) is 31.8. The summed E-state index contributed by atoms with van der Waals surface area (Å²) in [5, 5.41) is 2.25. The highest BCUT2D eigenvalue weighted by molar-refractivity contribution is 7.91. The maximum absolute atomic E-state index is 12.9. The van der Waals surface area contributed by atoms with Crippen LogP contribution in [0.25, 0.3) is 10.8 Å². The van der Waals surface area contributed by atoms with Crippen LogP contribution in [0.4, 0.5) is 0 Å². The third kappa shape index (κ3) is 4.97. The van der Waals surface area contributed by atoms with E-state index in [4.69, 9.17) is 11.6 Å². The fourth-order valence-corrected chi connectivity index (χ4v) is 6.65. The van der Waals surface area contributed by atoms with Gasteiger partial charge in [0.25, 0.3) is 0 Å². The van der Waals surface area contributed by atoms with Gasteiger partial charge in [0.05, 0.1) is 22.7 Å². The summed E-state index contributed by atoms with van der Waals surface area (Å²) < 4.78 is 27.7. The molecule has 0 spiro atoms. The number of aromatic nitrogens is 2. The minimum absolute atomic E-state index is 0. The highest BCUT2D eigenvalue weighted by atomic mass is 35.5. The van der Waals surface area contributed by atoms with Gasteiger partial charge in [0, 0.05) is 37.0 Å². The van der Waals surface area contributed by atoms with E-state index < -0.39 is 9.84 Å². The predicted octanol–water partition coefficient (Wildman–Crippen LogP) is 4.34. The topological polar surface area (TPSA) is 89.3 Å². The average Bonchev–Trinajstić information content (AvgIpc) is 3.36. The number of benzene rings is 2. The van der Waals surface area contributed by atoms with Crippen LogP contribution in [0.15, 0.2) is 47.6 Å². The molecular weight excluding hydrogens is 509 g/mol. The first-order valence-electron chi connectivity index (χ1n) is 11.5. The number of carbonyl (C=O) groups excluding carboxylic acids is 2.